The van der Waals surface area contributed by atoms with Crippen LogP contribution in [0.5, 0.6) is 0 Å². The first-order chi connectivity index (χ1) is 7.63. The van der Waals surface area contributed by atoms with Gasteiger partial charge in [-0.05, 0) is 12.1 Å². The summed E-state index contributed by atoms with van der Waals surface area (Å²) in [4.78, 5) is 12.8. The molecule has 1 aliphatic rings. The van der Waals surface area contributed by atoms with Gasteiger partial charge >= 0.3 is 0 Å². The lowest BCUT2D eigenvalue weighted by atomic mass is 10.1. The van der Waals surface area contributed by atoms with Crippen LogP contribution in [0.25, 0.3) is 0 Å². The van der Waals surface area contributed by atoms with Gasteiger partial charge in [0, 0.05) is 13.0 Å². The molecule has 1 saturated heterocycles. The molecule has 1 atom stereocenters. The van der Waals surface area contributed by atoms with Crippen LogP contribution in [0.15, 0.2) is 18.2 Å². The fourth-order valence-corrected chi connectivity index (χ4v) is 1.90. The number of anilines is 1. The van der Waals surface area contributed by atoms with Crippen molar-refractivity contribution in [1.29, 1.82) is 5.26 Å². The van der Waals surface area contributed by atoms with Crippen molar-refractivity contribution in [2.75, 3.05) is 11.4 Å². The Morgan fingerprint density at radius 3 is 2.94 bits per heavy atom. The fourth-order valence-electron chi connectivity index (χ4n) is 1.73. The van der Waals surface area contributed by atoms with Crippen LogP contribution in [-0.2, 0) is 4.79 Å². The lowest BCUT2D eigenvalue weighted by Crippen LogP contribution is -2.25. The molecule has 0 spiro atoms. The number of amides is 1. The van der Waals surface area contributed by atoms with Crippen molar-refractivity contribution in [3.05, 3.63) is 29.0 Å². The van der Waals surface area contributed by atoms with Crippen LogP contribution in [0.3, 0.4) is 0 Å². The highest BCUT2D eigenvalue weighted by Crippen LogP contribution is 2.30. The van der Waals surface area contributed by atoms with Crippen molar-refractivity contribution in [2.24, 2.45) is 5.92 Å². The Morgan fingerprint density at radius 2 is 2.31 bits per heavy atom. The van der Waals surface area contributed by atoms with E-state index in [9.17, 15) is 9.18 Å². The van der Waals surface area contributed by atoms with Gasteiger partial charge < -0.3 is 4.90 Å². The minimum Gasteiger partial charge on any atom is -0.308 e. The fraction of sp³-hybridized carbons (Fsp3) is 0.273. The van der Waals surface area contributed by atoms with Gasteiger partial charge in [-0.3, -0.25) is 4.79 Å². The van der Waals surface area contributed by atoms with E-state index in [-0.39, 0.29) is 35.5 Å². The van der Waals surface area contributed by atoms with Crippen molar-refractivity contribution in [3.8, 4) is 6.07 Å². The first-order valence-electron chi connectivity index (χ1n) is 4.77. The van der Waals surface area contributed by atoms with E-state index in [1.165, 1.54) is 17.0 Å². The summed E-state index contributed by atoms with van der Waals surface area (Å²) >= 11 is 5.63. The molecule has 1 aromatic carbocycles. The molecule has 5 heteroatoms. The molecule has 1 unspecified atom stereocenters. The summed E-state index contributed by atoms with van der Waals surface area (Å²) in [5, 5.41) is 8.70. The van der Waals surface area contributed by atoms with Crippen LogP contribution in [0.2, 0.25) is 5.02 Å². The van der Waals surface area contributed by atoms with Crippen LogP contribution in [0.1, 0.15) is 6.42 Å². The molecular formula is C11H8ClFN2O. The molecule has 82 valence electrons. The highest BCUT2D eigenvalue weighted by molar-refractivity contribution is 6.31. The molecule has 3 nitrogen and oxygen atoms in total. The SMILES string of the molecule is N#CC1CC(=O)N(c2cccc(Cl)c2F)C1. The zero-order valence-electron chi connectivity index (χ0n) is 8.28. The van der Waals surface area contributed by atoms with Gasteiger partial charge in [0.1, 0.15) is 0 Å². The molecule has 16 heavy (non-hydrogen) atoms. The third-order valence-electron chi connectivity index (χ3n) is 2.53. The molecule has 1 fully saturated rings. The van der Waals surface area contributed by atoms with E-state index in [1.54, 1.807) is 6.07 Å². The standard InChI is InChI=1S/C11H8ClFN2O/c12-8-2-1-3-9(11(8)13)15-6-7(5-14)4-10(15)16/h1-3,7H,4,6H2. The van der Waals surface area contributed by atoms with Crippen LogP contribution in [0, 0.1) is 23.1 Å². The number of nitriles is 1. The van der Waals surface area contributed by atoms with E-state index in [0.717, 1.165) is 0 Å². The average molecular weight is 239 g/mol. The smallest absolute Gasteiger partial charge is 0.228 e. The van der Waals surface area contributed by atoms with Crippen LogP contribution >= 0.6 is 11.6 Å². The highest BCUT2D eigenvalue weighted by atomic mass is 35.5. The van der Waals surface area contributed by atoms with Gasteiger partial charge in [-0.2, -0.15) is 5.26 Å². The summed E-state index contributed by atoms with van der Waals surface area (Å²) < 4.78 is 13.6. The molecule has 1 aromatic rings. The van der Waals surface area contributed by atoms with E-state index in [0.29, 0.717) is 0 Å². The summed E-state index contributed by atoms with van der Waals surface area (Å²) in [5.74, 6) is -1.23. The van der Waals surface area contributed by atoms with E-state index in [2.05, 4.69) is 0 Å². The topological polar surface area (TPSA) is 44.1 Å². The van der Waals surface area contributed by atoms with Gasteiger partial charge in [0.2, 0.25) is 5.91 Å². The quantitative estimate of drug-likeness (QED) is 0.754. The molecular weight excluding hydrogens is 231 g/mol. The van der Waals surface area contributed by atoms with E-state index in [1.807, 2.05) is 6.07 Å². The Kier molecular flexibility index (Phi) is 2.80. The Hall–Kier alpha value is -1.60. The van der Waals surface area contributed by atoms with Gasteiger partial charge in [-0.1, -0.05) is 17.7 Å². The summed E-state index contributed by atoms with van der Waals surface area (Å²) in [6, 6.07) is 6.49. The molecule has 1 heterocycles. The molecule has 1 aliphatic heterocycles. The minimum absolute atomic E-state index is 0.0225. The van der Waals surface area contributed by atoms with Crippen molar-refractivity contribution < 1.29 is 9.18 Å². The van der Waals surface area contributed by atoms with E-state index in [4.69, 9.17) is 16.9 Å². The Morgan fingerprint density at radius 1 is 1.56 bits per heavy atom. The molecule has 0 saturated carbocycles. The van der Waals surface area contributed by atoms with Crippen molar-refractivity contribution in [3.63, 3.8) is 0 Å². The van der Waals surface area contributed by atoms with Crippen LogP contribution < -0.4 is 4.90 Å². The van der Waals surface area contributed by atoms with Gasteiger partial charge in [-0.25, -0.2) is 4.39 Å². The zero-order chi connectivity index (χ0) is 11.7. The Balaban J connectivity index is 2.36. The highest BCUT2D eigenvalue weighted by Gasteiger charge is 2.32. The number of nitrogens with zero attached hydrogens (tertiary/aromatic N) is 2. The average Bonchev–Trinajstić information content (AvgIpc) is 2.64. The molecule has 0 aliphatic carbocycles. The predicted octanol–water partition coefficient (Wildman–Crippen LogP) is 2.36. The summed E-state index contributed by atoms with van der Waals surface area (Å²) in [7, 11) is 0. The first-order valence-corrected chi connectivity index (χ1v) is 5.15. The monoisotopic (exact) mass is 238 g/mol. The molecule has 1 amide bonds. The number of carbonyl (C=O) groups is 1. The van der Waals surface area contributed by atoms with Gasteiger partial charge in [0.25, 0.3) is 0 Å². The lowest BCUT2D eigenvalue weighted by molar-refractivity contribution is -0.117. The van der Waals surface area contributed by atoms with E-state index >= 15 is 0 Å². The first kappa shape index (κ1) is 10.9. The second kappa shape index (κ2) is 4.11. The predicted molar refractivity (Wildman–Crippen MR) is 57.5 cm³/mol. The second-order valence-corrected chi connectivity index (χ2v) is 4.01. The van der Waals surface area contributed by atoms with Crippen LogP contribution in [-0.4, -0.2) is 12.5 Å². The number of carbonyl (C=O) groups excluding carboxylic acids is 1. The Bertz CT molecular complexity index is 483. The third kappa shape index (κ3) is 1.74. The largest absolute Gasteiger partial charge is 0.308 e. The van der Waals surface area contributed by atoms with E-state index < -0.39 is 5.82 Å². The molecule has 0 bridgehead atoms. The molecule has 0 aromatic heterocycles. The number of benzene rings is 1. The maximum absolute atomic E-state index is 13.6. The molecule has 0 N–H and O–H groups in total. The number of hydrogen-bond acceptors (Lipinski definition) is 2. The van der Waals surface area contributed by atoms with Gasteiger partial charge in [0.15, 0.2) is 5.82 Å². The summed E-state index contributed by atoms with van der Waals surface area (Å²) in [6.07, 6.45) is 0.141. The maximum atomic E-state index is 13.6. The summed E-state index contributed by atoms with van der Waals surface area (Å²) in [6.45, 7) is 0.229. The van der Waals surface area contributed by atoms with Gasteiger partial charge in [-0.15, -0.1) is 0 Å². The molecule has 0 radical (unpaired) electrons. The minimum atomic E-state index is -0.615. The second-order valence-electron chi connectivity index (χ2n) is 3.61. The van der Waals surface area contributed by atoms with Gasteiger partial charge in [0.05, 0.1) is 22.7 Å². The number of rotatable bonds is 1. The number of hydrogen-bond donors (Lipinski definition) is 0. The van der Waals surface area contributed by atoms with Crippen molar-refractivity contribution in [1.82, 2.24) is 0 Å². The maximum Gasteiger partial charge on any atom is 0.228 e. The number of halogens is 2. The Labute approximate surface area is 97.0 Å². The zero-order valence-corrected chi connectivity index (χ0v) is 9.04. The lowest BCUT2D eigenvalue weighted by Gasteiger charge is -2.16. The van der Waals surface area contributed by atoms with Crippen LogP contribution in [0.4, 0.5) is 10.1 Å². The normalized spacial score (nSPS) is 19.9. The molecule has 2 rings (SSSR count). The van der Waals surface area contributed by atoms with Crippen molar-refractivity contribution >= 4 is 23.2 Å². The van der Waals surface area contributed by atoms with Crippen molar-refractivity contribution in [2.45, 2.75) is 6.42 Å². The third-order valence-corrected chi connectivity index (χ3v) is 2.82. The summed E-state index contributed by atoms with van der Waals surface area (Å²) in [5.41, 5.74) is 0.148.